The number of hydrogen-bond acceptors (Lipinski definition) is 3. The standard InChI is InChI=1S/C15H17NO4/c17-13(18)12-10-15(12)6-8-16(9-7-15)14(19)20-11-4-2-1-3-5-11/h1-5,12H,6-10H2,(H,17,18). The number of amides is 1. The van der Waals surface area contributed by atoms with Gasteiger partial charge in [-0.15, -0.1) is 0 Å². The molecule has 0 bridgehead atoms. The number of aliphatic carboxylic acids is 1. The first-order valence-corrected chi connectivity index (χ1v) is 6.85. The molecule has 1 unspecified atom stereocenters. The lowest BCUT2D eigenvalue weighted by molar-refractivity contribution is -0.139. The summed E-state index contributed by atoms with van der Waals surface area (Å²) >= 11 is 0. The van der Waals surface area contributed by atoms with E-state index in [0.29, 0.717) is 18.8 Å². The van der Waals surface area contributed by atoms with Gasteiger partial charge in [0.15, 0.2) is 0 Å². The van der Waals surface area contributed by atoms with Gasteiger partial charge in [0.05, 0.1) is 5.92 Å². The molecule has 1 amide bonds. The SMILES string of the molecule is O=C(O)C1CC12CCN(C(=O)Oc1ccccc1)CC2. The predicted molar refractivity (Wildman–Crippen MR) is 71.4 cm³/mol. The predicted octanol–water partition coefficient (Wildman–Crippen LogP) is 2.37. The zero-order valence-corrected chi connectivity index (χ0v) is 11.1. The first-order chi connectivity index (χ1) is 9.61. The normalized spacial score (nSPS) is 23.4. The lowest BCUT2D eigenvalue weighted by Gasteiger charge is -2.31. The molecule has 1 aromatic rings. The third-order valence-corrected chi connectivity index (χ3v) is 4.45. The molecule has 1 heterocycles. The van der Waals surface area contributed by atoms with Gasteiger partial charge in [-0.1, -0.05) is 18.2 Å². The number of carbonyl (C=O) groups is 2. The summed E-state index contributed by atoms with van der Waals surface area (Å²) in [5.41, 5.74) is -0.0602. The number of nitrogens with zero attached hydrogens (tertiary/aromatic N) is 1. The number of hydrogen-bond donors (Lipinski definition) is 1. The van der Waals surface area contributed by atoms with Gasteiger partial charge in [-0.2, -0.15) is 0 Å². The second-order valence-corrected chi connectivity index (χ2v) is 5.63. The monoisotopic (exact) mass is 275 g/mol. The second-order valence-electron chi connectivity index (χ2n) is 5.63. The van der Waals surface area contributed by atoms with Crippen molar-refractivity contribution < 1.29 is 19.4 Å². The topological polar surface area (TPSA) is 66.8 Å². The first-order valence-electron chi connectivity index (χ1n) is 6.85. The molecule has 1 saturated heterocycles. The van der Waals surface area contributed by atoms with E-state index in [-0.39, 0.29) is 17.4 Å². The van der Waals surface area contributed by atoms with Crippen molar-refractivity contribution in [3.8, 4) is 5.75 Å². The summed E-state index contributed by atoms with van der Waals surface area (Å²) in [5.74, 6) is -0.382. The van der Waals surface area contributed by atoms with Crippen LogP contribution >= 0.6 is 0 Å². The quantitative estimate of drug-likeness (QED) is 0.899. The van der Waals surface area contributed by atoms with Crippen LogP contribution in [0.1, 0.15) is 19.3 Å². The van der Waals surface area contributed by atoms with Crippen LogP contribution in [-0.2, 0) is 4.79 Å². The van der Waals surface area contributed by atoms with Crippen LogP contribution in [0, 0.1) is 11.3 Å². The fourth-order valence-corrected chi connectivity index (χ4v) is 3.04. The summed E-state index contributed by atoms with van der Waals surface area (Å²) in [6.45, 7) is 1.16. The Labute approximate surface area is 117 Å². The zero-order chi connectivity index (χ0) is 14.2. The van der Waals surface area contributed by atoms with Crippen molar-refractivity contribution in [2.24, 2.45) is 11.3 Å². The van der Waals surface area contributed by atoms with Crippen LogP contribution in [0.2, 0.25) is 0 Å². The van der Waals surface area contributed by atoms with Crippen molar-refractivity contribution in [3.63, 3.8) is 0 Å². The van der Waals surface area contributed by atoms with Gasteiger partial charge in [0, 0.05) is 13.1 Å². The van der Waals surface area contributed by atoms with E-state index in [1.165, 1.54) is 0 Å². The molecule has 1 aliphatic heterocycles. The summed E-state index contributed by atoms with van der Waals surface area (Å²) in [7, 11) is 0. The van der Waals surface area contributed by atoms with Crippen LogP contribution in [0.25, 0.3) is 0 Å². The highest BCUT2D eigenvalue weighted by Gasteiger charge is 2.59. The van der Waals surface area contributed by atoms with Gasteiger partial charge in [-0.25, -0.2) is 4.79 Å². The Kier molecular flexibility index (Phi) is 3.12. The second kappa shape index (κ2) is 4.81. The highest BCUT2D eigenvalue weighted by Crippen LogP contribution is 2.59. The highest BCUT2D eigenvalue weighted by atomic mass is 16.6. The number of carboxylic acid groups (broad SMARTS) is 1. The molecule has 20 heavy (non-hydrogen) atoms. The minimum atomic E-state index is -0.703. The highest BCUT2D eigenvalue weighted by molar-refractivity contribution is 5.75. The molecule has 0 radical (unpaired) electrons. The Bertz CT molecular complexity index is 520. The summed E-state index contributed by atoms with van der Waals surface area (Å²) < 4.78 is 5.29. The molecular formula is C15H17NO4. The van der Waals surface area contributed by atoms with Crippen LogP contribution in [0.3, 0.4) is 0 Å². The van der Waals surface area contributed by atoms with Gasteiger partial charge in [0.1, 0.15) is 5.75 Å². The Hall–Kier alpha value is -2.04. The van der Waals surface area contributed by atoms with Crippen molar-refractivity contribution in [1.29, 1.82) is 0 Å². The van der Waals surface area contributed by atoms with E-state index in [2.05, 4.69) is 0 Å². The molecule has 2 aliphatic rings. The van der Waals surface area contributed by atoms with E-state index in [0.717, 1.165) is 19.3 Å². The summed E-state index contributed by atoms with van der Waals surface area (Å²) in [5, 5.41) is 9.04. The first kappa shape index (κ1) is 13.0. The number of benzene rings is 1. The Morgan fingerprint density at radius 1 is 1.20 bits per heavy atom. The Morgan fingerprint density at radius 3 is 2.40 bits per heavy atom. The van der Waals surface area contributed by atoms with Crippen LogP contribution < -0.4 is 4.74 Å². The lowest BCUT2D eigenvalue weighted by atomic mass is 9.91. The third kappa shape index (κ3) is 2.35. The Morgan fingerprint density at radius 2 is 1.85 bits per heavy atom. The van der Waals surface area contributed by atoms with Crippen LogP contribution in [0.5, 0.6) is 5.75 Å². The number of rotatable bonds is 2. The average molecular weight is 275 g/mol. The van der Waals surface area contributed by atoms with Crippen LogP contribution in [0.4, 0.5) is 4.79 Å². The van der Waals surface area contributed by atoms with E-state index >= 15 is 0 Å². The number of piperidine rings is 1. The van der Waals surface area contributed by atoms with Gasteiger partial charge in [0.2, 0.25) is 0 Å². The number of likely N-dealkylation sites (tertiary alicyclic amines) is 1. The maximum absolute atomic E-state index is 12.0. The third-order valence-electron chi connectivity index (χ3n) is 4.45. The molecular weight excluding hydrogens is 258 g/mol. The van der Waals surface area contributed by atoms with E-state index in [9.17, 15) is 9.59 Å². The van der Waals surface area contributed by atoms with Gasteiger partial charge < -0.3 is 14.7 Å². The minimum Gasteiger partial charge on any atom is -0.481 e. The molecule has 106 valence electrons. The van der Waals surface area contributed by atoms with Crippen molar-refractivity contribution in [1.82, 2.24) is 4.90 Å². The molecule has 1 atom stereocenters. The van der Waals surface area contributed by atoms with Crippen molar-refractivity contribution in [2.45, 2.75) is 19.3 Å². The van der Waals surface area contributed by atoms with E-state index in [4.69, 9.17) is 9.84 Å². The zero-order valence-electron chi connectivity index (χ0n) is 11.1. The number of para-hydroxylation sites is 1. The molecule has 0 aromatic heterocycles. The van der Waals surface area contributed by atoms with Crippen LogP contribution in [0.15, 0.2) is 30.3 Å². The maximum atomic E-state index is 12.0. The van der Waals surface area contributed by atoms with Crippen molar-refractivity contribution in [2.75, 3.05) is 13.1 Å². The number of ether oxygens (including phenoxy) is 1. The van der Waals surface area contributed by atoms with Crippen LogP contribution in [-0.4, -0.2) is 35.2 Å². The fourth-order valence-electron chi connectivity index (χ4n) is 3.04. The van der Waals surface area contributed by atoms with E-state index < -0.39 is 5.97 Å². The van der Waals surface area contributed by atoms with Crippen molar-refractivity contribution >= 4 is 12.1 Å². The molecule has 1 N–H and O–H groups in total. The van der Waals surface area contributed by atoms with E-state index in [1.807, 2.05) is 18.2 Å². The molecule has 2 fully saturated rings. The van der Waals surface area contributed by atoms with Gasteiger partial charge in [-0.3, -0.25) is 4.79 Å². The minimum absolute atomic E-state index is 0.0602. The summed E-state index contributed by atoms with van der Waals surface area (Å²) in [6.07, 6.45) is 1.92. The summed E-state index contributed by atoms with van der Waals surface area (Å²) in [6, 6.07) is 8.97. The van der Waals surface area contributed by atoms with Gasteiger partial charge in [0.25, 0.3) is 0 Å². The fraction of sp³-hybridized carbons (Fsp3) is 0.467. The average Bonchev–Trinajstić information content (AvgIpc) is 3.15. The summed E-state index contributed by atoms with van der Waals surface area (Å²) in [4.78, 5) is 24.7. The lowest BCUT2D eigenvalue weighted by Crippen LogP contribution is -2.41. The molecule has 1 aliphatic carbocycles. The molecule has 1 spiro atoms. The maximum Gasteiger partial charge on any atom is 0.415 e. The number of carboxylic acids is 1. The largest absolute Gasteiger partial charge is 0.481 e. The smallest absolute Gasteiger partial charge is 0.415 e. The van der Waals surface area contributed by atoms with Gasteiger partial charge in [-0.05, 0) is 36.8 Å². The molecule has 1 aromatic carbocycles. The number of carbonyl (C=O) groups excluding carboxylic acids is 1. The van der Waals surface area contributed by atoms with Crippen molar-refractivity contribution in [3.05, 3.63) is 30.3 Å². The molecule has 5 nitrogen and oxygen atoms in total. The Balaban J connectivity index is 1.54. The van der Waals surface area contributed by atoms with E-state index in [1.54, 1.807) is 17.0 Å². The molecule has 5 heteroatoms. The molecule has 1 saturated carbocycles. The molecule has 3 rings (SSSR count). The van der Waals surface area contributed by atoms with Gasteiger partial charge >= 0.3 is 12.1 Å².